The van der Waals surface area contributed by atoms with Gasteiger partial charge < -0.3 is 15.4 Å². The lowest BCUT2D eigenvalue weighted by molar-refractivity contribution is 0.414. The molecule has 0 aliphatic rings. The lowest BCUT2D eigenvalue weighted by Crippen LogP contribution is -2.30. The molecule has 0 aromatic heterocycles. The molecule has 0 radical (unpaired) electrons. The quantitative estimate of drug-likeness (QED) is 0.819. The van der Waals surface area contributed by atoms with Gasteiger partial charge in [0.05, 0.1) is 25.6 Å². The number of anilines is 1. The van der Waals surface area contributed by atoms with Gasteiger partial charge in [0.2, 0.25) is 0 Å². The lowest BCUT2D eigenvalue weighted by Gasteiger charge is -2.17. The molecule has 0 aliphatic heterocycles. The van der Waals surface area contributed by atoms with E-state index in [1.54, 1.807) is 7.11 Å². The summed E-state index contributed by atoms with van der Waals surface area (Å²) in [6.07, 6.45) is 0.414. The Morgan fingerprint density at radius 3 is 2.39 bits per heavy atom. The van der Waals surface area contributed by atoms with Gasteiger partial charge in [-0.3, -0.25) is 0 Å². The van der Waals surface area contributed by atoms with Crippen LogP contribution in [0.2, 0.25) is 0 Å². The molecular weight excluding hydrogens is 306 g/mol. The van der Waals surface area contributed by atoms with E-state index in [1.165, 1.54) is 0 Å². The van der Waals surface area contributed by atoms with Crippen LogP contribution in [-0.2, 0) is 6.42 Å². The molecule has 2 aromatic carbocycles. The van der Waals surface area contributed by atoms with Gasteiger partial charge in [0.15, 0.2) is 5.11 Å². The summed E-state index contributed by atoms with van der Waals surface area (Å²) in [7, 11) is 1.65. The molecule has 0 saturated heterocycles. The molecule has 0 saturated carbocycles. The molecule has 0 fully saturated rings. The van der Waals surface area contributed by atoms with E-state index in [0.717, 1.165) is 22.6 Å². The van der Waals surface area contributed by atoms with E-state index in [-0.39, 0.29) is 6.04 Å². The SMILES string of the molecule is COc1ccc([C@H](C)NC(=S)Nc2ccc(CC#N)cc2)cc1. The Labute approximate surface area is 142 Å². The molecular formula is C18H19N3OS. The van der Waals surface area contributed by atoms with Crippen molar-refractivity contribution < 1.29 is 4.74 Å². The summed E-state index contributed by atoms with van der Waals surface area (Å²) in [4.78, 5) is 0. The highest BCUT2D eigenvalue weighted by molar-refractivity contribution is 7.80. The summed E-state index contributed by atoms with van der Waals surface area (Å²) in [5, 5.41) is 15.6. The number of thiocarbonyl (C=S) groups is 1. The Kier molecular flexibility index (Phi) is 5.95. The fourth-order valence-electron chi connectivity index (χ4n) is 2.14. The van der Waals surface area contributed by atoms with E-state index in [2.05, 4.69) is 16.7 Å². The maximum atomic E-state index is 8.67. The predicted octanol–water partition coefficient (Wildman–Crippen LogP) is 3.81. The van der Waals surface area contributed by atoms with Crippen LogP contribution in [0.25, 0.3) is 0 Å². The van der Waals surface area contributed by atoms with Crippen molar-refractivity contribution in [2.75, 3.05) is 12.4 Å². The van der Waals surface area contributed by atoms with Crippen LogP contribution in [0.15, 0.2) is 48.5 Å². The van der Waals surface area contributed by atoms with Gasteiger partial charge in [0.25, 0.3) is 0 Å². The standard InChI is InChI=1S/C18H19N3OS/c1-13(15-5-9-17(22-2)10-6-15)20-18(23)21-16-7-3-14(4-8-16)11-12-19/h3-10,13H,11H2,1-2H3,(H2,20,21,23)/t13-/m0/s1. The molecule has 0 spiro atoms. The van der Waals surface area contributed by atoms with Crippen molar-refractivity contribution in [2.24, 2.45) is 0 Å². The van der Waals surface area contributed by atoms with Crippen molar-refractivity contribution in [2.45, 2.75) is 19.4 Å². The summed E-state index contributed by atoms with van der Waals surface area (Å²) in [5.74, 6) is 0.833. The minimum absolute atomic E-state index is 0.0822. The molecule has 118 valence electrons. The van der Waals surface area contributed by atoms with Crippen molar-refractivity contribution in [1.82, 2.24) is 5.32 Å². The minimum Gasteiger partial charge on any atom is -0.497 e. The second-order valence-electron chi connectivity index (χ2n) is 5.13. The molecule has 0 amide bonds. The first-order valence-electron chi connectivity index (χ1n) is 7.29. The number of ether oxygens (including phenoxy) is 1. The maximum Gasteiger partial charge on any atom is 0.171 e. The molecule has 0 unspecified atom stereocenters. The van der Waals surface area contributed by atoms with Gasteiger partial charge in [-0.1, -0.05) is 24.3 Å². The van der Waals surface area contributed by atoms with Gasteiger partial charge in [-0.05, 0) is 54.5 Å². The highest BCUT2D eigenvalue weighted by atomic mass is 32.1. The van der Waals surface area contributed by atoms with Gasteiger partial charge in [0, 0.05) is 5.69 Å². The minimum atomic E-state index is 0.0822. The average Bonchev–Trinajstić information content (AvgIpc) is 2.57. The summed E-state index contributed by atoms with van der Waals surface area (Å²) < 4.78 is 5.16. The third kappa shape index (κ3) is 4.97. The Bertz CT molecular complexity index is 690. The van der Waals surface area contributed by atoms with E-state index in [1.807, 2.05) is 55.5 Å². The molecule has 1 atom stereocenters. The first-order chi connectivity index (χ1) is 11.1. The van der Waals surface area contributed by atoms with Gasteiger partial charge in [-0.25, -0.2) is 0 Å². The number of hydrogen-bond donors (Lipinski definition) is 2. The molecule has 2 N–H and O–H groups in total. The zero-order valence-corrected chi connectivity index (χ0v) is 14.0. The fourth-order valence-corrected chi connectivity index (χ4v) is 2.43. The zero-order chi connectivity index (χ0) is 16.7. The average molecular weight is 325 g/mol. The molecule has 2 aromatic rings. The summed E-state index contributed by atoms with van der Waals surface area (Å²) in [6.45, 7) is 2.05. The molecule has 0 bridgehead atoms. The second-order valence-corrected chi connectivity index (χ2v) is 5.53. The summed E-state index contributed by atoms with van der Waals surface area (Å²) in [6, 6.07) is 17.8. The molecule has 23 heavy (non-hydrogen) atoms. The van der Waals surface area contributed by atoms with Gasteiger partial charge in [0.1, 0.15) is 5.75 Å². The number of nitrogens with one attached hydrogen (secondary N) is 2. The lowest BCUT2D eigenvalue weighted by atomic mass is 10.1. The normalized spacial score (nSPS) is 11.2. The maximum absolute atomic E-state index is 8.67. The first kappa shape index (κ1) is 16.8. The monoisotopic (exact) mass is 325 g/mol. The van der Waals surface area contributed by atoms with Crippen molar-refractivity contribution in [3.05, 3.63) is 59.7 Å². The molecule has 0 aliphatic carbocycles. The van der Waals surface area contributed by atoms with Crippen LogP contribution < -0.4 is 15.4 Å². The molecule has 0 heterocycles. The third-order valence-corrected chi connectivity index (χ3v) is 3.68. The van der Waals surface area contributed by atoms with Gasteiger partial charge in [-0.15, -0.1) is 0 Å². The second kappa shape index (κ2) is 8.16. The Balaban J connectivity index is 1.91. The van der Waals surface area contributed by atoms with Crippen molar-refractivity contribution in [3.63, 3.8) is 0 Å². The largest absolute Gasteiger partial charge is 0.497 e. The number of nitrogens with zero attached hydrogens (tertiary/aromatic N) is 1. The predicted molar refractivity (Wildman–Crippen MR) is 96.5 cm³/mol. The van der Waals surface area contributed by atoms with E-state index < -0.39 is 0 Å². The van der Waals surface area contributed by atoms with Gasteiger partial charge >= 0.3 is 0 Å². The van der Waals surface area contributed by atoms with Crippen LogP contribution >= 0.6 is 12.2 Å². The number of rotatable bonds is 5. The van der Waals surface area contributed by atoms with Crippen LogP contribution in [0.3, 0.4) is 0 Å². The van der Waals surface area contributed by atoms with E-state index >= 15 is 0 Å². The highest BCUT2D eigenvalue weighted by Gasteiger charge is 2.07. The van der Waals surface area contributed by atoms with Crippen LogP contribution in [0.4, 0.5) is 5.69 Å². The number of benzene rings is 2. The Morgan fingerprint density at radius 1 is 1.17 bits per heavy atom. The summed E-state index contributed by atoms with van der Waals surface area (Å²) >= 11 is 5.35. The fraction of sp³-hybridized carbons (Fsp3) is 0.222. The first-order valence-corrected chi connectivity index (χ1v) is 7.70. The molecule has 2 rings (SSSR count). The van der Waals surface area contributed by atoms with Crippen LogP contribution in [0.1, 0.15) is 24.1 Å². The van der Waals surface area contributed by atoms with Crippen LogP contribution in [0, 0.1) is 11.3 Å². The van der Waals surface area contributed by atoms with Crippen molar-refractivity contribution in [3.8, 4) is 11.8 Å². The topological polar surface area (TPSA) is 57.1 Å². The zero-order valence-electron chi connectivity index (χ0n) is 13.2. The van der Waals surface area contributed by atoms with Crippen molar-refractivity contribution >= 4 is 23.0 Å². The van der Waals surface area contributed by atoms with Gasteiger partial charge in [-0.2, -0.15) is 5.26 Å². The molecule has 4 nitrogen and oxygen atoms in total. The number of nitriles is 1. The van der Waals surface area contributed by atoms with Crippen LogP contribution in [0.5, 0.6) is 5.75 Å². The van der Waals surface area contributed by atoms with Crippen LogP contribution in [-0.4, -0.2) is 12.2 Å². The van der Waals surface area contributed by atoms with E-state index in [4.69, 9.17) is 22.2 Å². The van der Waals surface area contributed by atoms with Crippen molar-refractivity contribution in [1.29, 1.82) is 5.26 Å². The number of hydrogen-bond acceptors (Lipinski definition) is 3. The van der Waals surface area contributed by atoms with E-state index in [9.17, 15) is 0 Å². The molecule has 5 heteroatoms. The summed E-state index contributed by atoms with van der Waals surface area (Å²) in [5.41, 5.74) is 3.01. The van der Waals surface area contributed by atoms with E-state index in [0.29, 0.717) is 11.5 Å². The Morgan fingerprint density at radius 2 is 1.83 bits per heavy atom. The highest BCUT2D eigenvalue weighted by Crippen LogP contribution is 2.17. The Hall–Kier alpha value is -2.58. The smallest absolute Gasteiger partial charge is 0.171 e. The third-order valence-electron chi connectivity index (χ3n) is 3.46. The number of methoxy groups -OCH3 is 1.